The van der Waals surface area contributed by atoms with Gasteiger partial charge in [-0.15, -0.1) is 0 Å². The lowest BCUT2D eigenvalue weighted by atomic mass is 10.0. The van der Waals surface area contributed by atoms with Gasteiger partial charge in [-0.3, -0.25) is 14.9 Å². The minimum Gasteiger partial charge on any atom is -0.490 e. The molecule has 0 saturated carbocycles. The summed E-state index contributed by atoms with van der Waals surface area (Å²) in [5.74, 6) is -0.423. The monoisotopic (exact) mass is 420 g/mol. The molecule has 1 saturated heterocycles. The topological polar surface area (TPSA) is 84.9 Å². The van der Waals surface area contributed by atoms with Crippen LogP contribution in [0.25, 0.3) is 6.08 Å². The van der Waals surface area contributed by atoms with Crippen LogP contribution in [0, 0.1) is 0 Å². The highest BCUT2D eigenvalue weighted by atomic mass is 16.5. The first kappa shape index (κ1) is 21.8. The zero-order valence-corrected chi connectivity index (χ0v) is 17.5. The van der Waals surface area contributed by atoms with Gasteiger partial charge >= 0.3 is 6.03 Å². The molecule has 1 aliphatic heterocycles. The third-order valence-electron chi connectivity index (χ3n) is 4.65. The molecule has 0 bridgehead atoms. The Bertz CT molecular complexity index is 1060. The molecule has 2 aromatic carbocycles. The maximum atomic E-state index is 13.1. The molecule has 7 nitrogen and oxygen atoms in total. The zero-order chi connectivity index (χ0) is 22.4. The number of aryl methyl sites for hydroxylation is 1. The number of amides is 4. The van der Waals surface area contributed by atoms with E-state index in [0.717, 1.165) is 10.5 Å². The Morgan fingerprint density at radius 3 is 2.52 bits per heavy atom. The van der Waals surface area contributed by atoms with E-state index in [2.05, 4.69) is 11.9 Å². The van der Waals surface area contributed by atoms with Crippen molar-refractivity contribution < 1.29 is 23.9 Å². The standard InChI is InChI=1S/C24H24N2O5/c1-4-13-31-20-12-11-16(15-21(20)30-6-3)14-18-22(27)25-24(29)26(23(18)28)19-10-8-7-9-17(19)5-2/h4,7-12,14-15H,1,5-6,13H2,2-3H3,(H,25,27,29)/b18-14-. The van der Waals surface area contributed by atoms with Gasteiger partial charge < -0.3 is 9.47 Å². The van der Waals surface area contributed by atoms with Crippen LogP contribution in [0.1, 0.15) is 25.0 Å². The van der Waals surface area contributed by atoms with E-state index in [1.807, 2.05) is 26.0 Å². The van der Waals surface area contributed by atoms with Crippen LogP contribution in [0.3, 0.4) is 0 Å². The Hall–Kier alpha value is -3.87. The second-order valence-corrected chi connectivity index (χ2v) is 6.68. The number of nitrogens with zero attached hydrogens (tertiary/aromatic N) is 1. The van der Waals surface area contributed by atoms with E-state index >= 15 is 0 Å². The first-order valence-electron chi connectivity index (χ1n) is 10.00. The fourth-order valence-corrected chi connectivity index (χ4v) is 3.22. The van der Waals surface area contributed by atoms with E-state index in [4.69, 9.17) is 9.47 Å². The summed E-state index contributed by atoms with van der Waals surface area (Å²) in [5, 5.41) is 2.25. The average Bonchev–Trinajstić information content (AvgIpc) is 2.76. The van der Waals surface area contributed by atoms with Crippen molar-refractivity contribution in [1.82, 2.24) is 5.32 Å². The predicted octanol–water partition coefficient (Wildman–Crippen LogP) is 3.88. The van der Waals surface area contributed by atoms with Crippen molar-refractivity contribution in [2.75, 3.05) is 18.1 Å². The van der Waals surface area contributed by atoms with Gasteiger partial charge in [-0.25, -0.2) is 9.69 Å². The van der Waals surface area contributed by atoms with Crippen molar-refractivity contribution in [2.45, 2.75) is 20.3 Å². The number of benzene rings is 2. The quantitative estimate of drug-likeness (QED) is 0.398. The average molecular weight is 420 g/mol. The summed E-state index contributed by atoms with van der Waals surface area (Å²) < 4.78 is 11.2. The Labute approximate surface area is 181 Å². The van der Waals surface area contributed by atoms with Gasteiger partial charge in [0.15, 0.2) is 11.5 Å². The fourth-order valence-electron chi connectivity index (χ4n) is 3.22. The van der Waals surface area contributed by atoms with E-state index < -0.39 is 17.8 Å². The number of carbonyl (C=O) groups is 3. The molecule has 7 heteroatoms. The second-order valence-electron chi connectivity index (χ2n) is 6.68. The molecule has 0 radical (unpaired) electrons. The number of anilines is 1. The third kappa shape index (κ3) is 4.66. The lowest BCUT2D eigenvalue weighted by Gasteiger charge is -2.28. The Morgan fingerprint density at radius 2 is 1.81 bits per heavy atom. The second kappa shape index (κ2) is 9.75. The number of rotatable bonds is 8. The largest absolute Gasteiger partial charge is 0.490 e. The smallest absolute Gasteiger partial charge is 0.335 e. The van der Waals surface area contributed by atoms with Crippen molar-refractivity contribution in [2.24, 2.45) is 0 Å². The van der Waals surface area contributed by atoms with Gasteiger partial charge in [0.2, 0.25) is 0 Å². The van der Waals surface area contributed by atoms with Gasteiger partial charge in [-0.05, 0) is 48.7 Å². The molecule has 0 spiro atoms. The normalized spacial score (nSPS) is 15.1. The summed E-state index contributed by atoms with van der Waals surface area (Å²) in [6.45, 7) is 8.13. The highest BCUT2D eigenvalue weighted by Gasteiger charge is 2.37. The van der Waals surface area contributed by atoms with Crippen molar-refractivity contribution in [3.63, 3.8) is 0 Å². The van der Waals surface area contributed by atoms with Crippen molar-refractivity contribution in [3.8, 4) is 11.5 Å². The van der Waals surface area contributed by atoms with Crippen LogP contribution in [0.4, 0.5) is 10.5 Å². The number of para-hydroxylation sites is 1. The molecule has 1 heterocycles. The van der Waals surface area contributed by atoms with Crippen LogP contribution in [0.5, 0.6) is 11.5 Å². The molecule has 160 valence electrons. The molecule has 0 aliphatic carbocycles. The third-order valence-corrected chi connectivity index (χ3v) is 4.65. The highest BCUT2D eigenvalue weighted by Crippen LogP contribution is 2.31. The molecule has 0 atom stereocenters. The van der Waals surface area contributed by atoms with Crippen LogP contribution in [0.2, 0.25) is 0 Å². The van der Waals surface area contributed by atoms with E-state index in [1.165, 1.54) is 6.08 Å². The number of urea groups is 1. The minimum atomic E-state index is -0.767. The van der Waals surface area contributed by atoms with Gasteiger partial charge in [-0.1, -0.05) is 43.8 Å². The van der Waals surface area contributed by atoms with Crippen LogP contribution in [-0.2, 0) is 16.0 Å². The molecule has 3 rings (SSSR count). The van der Waals surface area contributed by atoms with Gasteiger partial charge in [0.25, 0.3) is 11.8 Å². The summed E-state index contributed by atoms with van der Waals surface area (Å²) in [6.07, 6.45) is 3.69. The summed E-state index contributed by atoms with van der Waals surface area (Å²) >= 11 is 0. The van der Waals surface area contributed by atoms with E-state index in [0.29, 0.717) is 42.4 Å². The molecule has 0 aromatic heterocycles. The number of hydrogen-bond donors (Lipinski definition) is 1. The van der Waals surface area contributed by atoms with Gasteiger partial charge in [-0.2, -0.15) is 0 Å². The molecule has 1 aliphatic rings. The lowest BCUT2D eigenvalue weighted by molar-refractivity contribution is -0.122. The number of nitrogens with one attached hydrogen (secondary N) is 1. The van der Waals surface area contributed by atoms with Gasteiger partial charge in [0.05, 0.1) is 12.3 Å². The molecule has 2 aromatic rings. The van der Waals surface area contributed by atoms with Crippen LogP contribution in [-0.4, -0.2) is 31.1 Å². The van der Waals surface area contributed by atoms with E-state index in [1.54, 1.807) is 36.4 Å². The number of hydrogen-bond acceptors (Lipinski definition) is 5. The van der Waals surface area contributed by atoms with Crippen molar-refractivity contribution in [3.05, 3.63) is 71.8 Å². The summed E-state index contributed by atoms with van der Waals surface area (Å²) in [4.78, 5) is 39.1. The summed E-state index contributed by atoms with van der Waals surface area (Å²) in [5.41, 5.74) is 1.69. The van der Waals surface area contributed by atoms with Gasteiger partial charge in [0, 0.05) is 0 Å². The fraction of sp³-hybridized carbons (Fsp3) is 0.208. The molecule has 4 amide bonds. The van der Waals surface area contributed by atoms with Gasteiger partial charge in [0.1, 0.15) is 12.2 Å². The maximum Gasteiger partial charge on any atom is 0.335 e. The summed E-state index contributed by atoms with van der Waals surface area (Å²) in [7, 11) is 0. The molecule has 1 N–H and O–H groups in total. The maximum absolute atomic E-state index is 13.1. The van der Waals surface area contributed by atoms with Crippen molar-refractivity contribution in [1.29, 1.82) is 0 Å². The predicted molar refractivity (Wildman–Crippen MR) is 118 cm³/mol. The molecule has 0 unspecified atom stereocenters. The lowest BCUT2D eigenvalue weighted by Crippen LogP contribution is -2.54. The SMILES string of the molecule is C=CCOc1ccc(/C=C2/C(=O)NC(=O)N(c3ccccc3CC)C2=O)cc1OCC. The first-order valence-corrected chi connectivity index (χ1v) is 10.00. The van der Waals surface area contributed by atoms with Crippen LogP contribution >= 0.6 is 0 Å². The molecular weight excluding hydrogens is 396 g/mol. The Balaban J connectivity index is 2.00. The Kier molecular flexibility index (Phi) is 6.87. The number of barbiturate groups is 1. The number of carbonyl (C=O) groups excluding carboxylic acids is 3. The Morgan fingerprint density at radius 1 is 1.03 bits per heavy atom. The van der Waals surface area contributed by atoms with Crippen molar-refractivity contribution >= 4 is 29.6 Å². The minimum absolute atomic E-state index is 0.146. The van der Waals surface area contributed by atoms with Crippen LogP contribution < -0.4 is 19.7 Å². The molecular formula is C24H24N2O5. The first-order chi connectivity index (χ1) is 15.0. The van der Waals surface area contributed by atoms with Crippen LogP contribution in [0.15, 0.2) is 60.7 Å². The highest BCUT2D eigenvalue weighted by molar-refractivity contribution is 6.39. The molecule has 31 heavy (non-hydrogen) atoms. The zero-order valence-electron chi connectivity index (χ0n) is 17.5. The van der Waals surface area contributed by atoms with E-state index in [9.17, 15) is 14.4 Å². The van der Waals surface area contributed by atoms with E-state index in [-0.39, 0.29) is 5.57 Å². The number of imide groups is 2. The summed E-state index contributed by atoms with van der Waals surface area (Å²) in [6, 6.07) is 11.4. The molecule has 1 fully saturated rings. The number of ether oxygens (including phenoxy) is 2.